The van der Waals surface area contributed by atoms with E-state index in [-0.39, 0.29) is 16.4 Å². The monoisotopic (exact) mass is 382 g/mol. The molecule has 1 saturated carbocycles. The molecule has 2 rings (SSSR count). The number of halogens is 3. The first kappa shape index (κ1) is 16.3. The van der Waals surface area contributed by atoms with Crippen LogP contribution in [0.1, 0.15) is 30.1 Å². The maximum Gasteiger partial charge on any atom is 0.257 e. The van der Waals surface area contributed by atoms with Gasteiger partial charge in [0.05, 0.1) is 0 Å². The number of sulfonamides is 1. The van der Waals surface area contributed by atoms with Gasteiger partial charge in [0.25, 0.3) is 5.91 Å². The van der Waals surface area contributed by atoms with Gasteiger partial charge in [-0.1, -0.05) is 6.92 Å². The average molecular weight is 383 g/mol. The molecule has 21 heavy (non-hydrogen) atoms. The predicted molar refractivity (Wildman–Crippen MR) is 75.1 cm³/mol. The smallest absolute Gasteiger partial charge is 0.257 e. The molecule has 1 aromatic rings. The highest BCUT2D eigenvalue weighted by Crippen LogP contribution is 2.44. The number of carbonyl (C=O) groups is 1. The van der Waals surface area contributed by atoms with Gasteiger partial charge in [-0.15, -0.1) is 0 Å². The quantitative estimate of drug-likeness (QED) is 0.833. The number of primary sulfonamides is 1. The van der Waals surface area contributed by atoms with E-state index in [1.165, 1.54) is 0 Å². The summed E-state index contributed by atoms with van der Waals surface area (Å²) in [5, 5.41) is 7.29. The van der Waals surface area contributed by atoms with Gasteiger partial charge in [0.2, 0.25) is 10.0 Å². The molecule has 0 atom stereocenters. The summed E-state index contributed by atoms with van der Waals surface area (Å²) in [4.78, 5) is 11.0. The van der Waals surface area contributed by atoms with Gasteiger partial charge in [0, 0.05) is 11.0 Å². The van der Waals surface area contributed by atoms with Crippen LogP contribution >= 0.6 is 15.9 Å². The van der Waals surface area contributed by atoms with Crippen LogP contribution in [-0.4, -0.2) is 20.9 Å². The molecule has 0 bridgehead atoms. The minimum Gasteiger partial charge on any atom is -0.351 e. The zero-order valence-corrected chi connectivity index (χ0v) is 13.4. The van der Waals surface area contributed by atoms with Crippen LogP contribution in [-0.2, 0) is 10.0 Å². The number of nitrogens with one attached hydrogen (secondary N) is 1. The fraction of sp³-hybridized carbons (Fsp3) is 0.417. The summed E-state index contributed by atoms with van der Waals surface area (Å²) in [5.41, 5.74) is -1.01. The highest BCUT2D eigenvalue weighted by atomic mass is 79.9. The molecule has 116 valence electrons. The van der Waals surface area contributed by atoms with Crippen molar-refractivity contribution < 1.29 is 22.0 Å². The Morgan fingerprint density at radius 2 is 2.05 bits per heavy atom. The lowest BCUT2D eigenvalue weighted by Gasteiger charge is -2.13. The standard InChI is InChI=1S/C12H13BrF2N2O3S/c1-12(2-3-12)5-17-11(18)8-7(14)4-6(13)10(9(8)15)21(16,19)20/h4H,2-3,5H2,1H3,(H,17,18)(H2,16,19,20). The Balaban J connectivity index is 2.41. The predicted octanol–water partition coefficient (Wildman–Crippen LogP) is 1.90. The molecule has 1 aliphatic carbocycles. The van der Waals surface area contributed by atoms with Crippen LogP contribution in [0.2, 0.25) is 0 Å². The third kappa shape index (κ3) is 3.41. The van der Waals surface area contributed by atoms with Crippen LogP contribution in [0.3, 0.4) is 0 Å². The summed E-state index contributed by atoms with van der Waals surface area (Å²) < 4.78 is 50.3. The topological polar surface area (TPSA) is 89.3 Å². The van der Waals surface area contributed by atoms with Crippen LogP contribution in [0.5, 0.6) is 0 Å². The summed E-state index contributed by atoms with van der Waals surface area (Å²) in [6.45, 7) is 2.20. The van der Waals surface area contributed by atoms with Gasteiger partial charge in [0.1, 0.15) is 16.3 Å². The Morgan fingerprint density at radius 3 is 2.52 bits per heavy atom. The molecule has 1 aliphatic rings. The molecule has 0 spiro atoms. The fourth-order valence-corrected chi connectivity index (χ4v) is 3.55. The zero-order chi connectivity index (χ0) is 16.0. The molecule has 5 nitrogen and oxygen atoms in total. The van der Waals surface area contributed by atoms with Crippen molar-refractivity contribution in [2.45, 2.75) is 24.7 Å². The highest BCUT2D eigenvalue weighted by Gasteiger charge is 2.38. The molecule has 0 heterocycles. The Hall–Kier alpha value is -1.06. The van der Waals surface area contributed by atoms with Crippen LogP contribution in [0, 0.1) is 17.0 Å². The lowest BCUT2D eigenvalue weighted by atomic mass is 10.1. The summed E-state index contributed by atoms with van der Waals surface area (Å²) in [5.74, 6) is -3.66. The largest absolute Gasteiger partial charge is 0.351 e. The van der Waals surface area contributed by atoms with E-state index in [9.17, 15) is 22.0 Å². The third-order valence-corrected chi connectivity index (χ3v) is 5.27. The molecule has 0 unspecified atom stereocenters. The summed E-state index contributed by atoms with van der Waals surface area (Å²) in [6.07, 6.45) is 1.84. The summed E-state index contributed by atoms with van der Waals surface area (Å²) >= 11 is 2.73. The first-order chi connectivity index (χ1) is 9.55. The van der Waals surface area contributed by atoms with Gasteiger partial charge in [0.15, 0.2) is 5.82 Å². The van der Waals surface area contributed by atoms with Crippen LogP contribution in [0.4, 0.5) is 8.78 Å². The molecule has 1 amide bonds. The lowest BCUT2D eigenvalue weighted by Crippen LogP contribution is -2.31. The SMILES string of the molecule is CC1(CNC(=O)c2c(F)cc(Br)c(S(N)(=O)=O)c2F)CC1. The Kier molecular flexibility index (Phi) is 4.11. The van der Waals surface area contributed by atoms with Crippen molar-refractivity contribution in [2.75, 3.05) is 6.54 Å². The van der Waals surface area contributed by atoms with E-state index >= 15 is 0 Å². The van der Waals surface area contributed by atoms with Crippen molar-refractivity contribution in [3.8, 4) is 0 Å². The van der Waals surface area contributed by atoms with E-state index in [2.05, 4.69) is 21.2 Å². The zero-order valence-electron chi connectivity index (χ0n) is 11.0. The van der Waals surface area contributed by atoms with Gasteiger partial charge < -0.3 is 5.32 Å². The van der Waals surface area contributed by atoms with Gasteiger partial charge >= 0.3 is 0 Å². The number of rotatable bonds is 4. The number of nitrogens with two attached hydrogens (primary N) is 1. The van der Waals surface area contributed by atoms with Crippen LogP contribution in [0.15, 0.2) is 15.4 Å². The average Bonchev–Trinajstić information content (AvgIpc) is 3.02. The van der Waals surface area contributed by atoms with E-state index in [1.807, 2.05) is 6.92 Å². The minimum atomic E-state index is -4.44. The molecule has 0 saturated heterocycles. The maximum absolute atomic E-state index is 14.2. The Labute approximate surface area is 129 Å². The van der Waals surface area contributed by atoms with Crippen molar-refractivity contribution in [1.29, 1.82) is 0 Å². The van der Waals surface area contributed by atoms with Crippen LogP contribution in [0.25, 0.3) is 0 Å². The van der Waals surface area contributed by atoms with E-state index in [0.29, 0.717) is 6.07 Å². The van der Waals surface area contributed by atoms with Gasteiger partial charge in [-0.2, -0.15) is 0 Å². The molecule has 0 aromatic heterocycles. The second kappa shape index (κ2) is 5.29. The fourth-order valence-electron chi connectivity index (χ4n) is 1.81. The maximum atomic E-state index is 14.2. The molecule has 9 heteroatoms. The lowest BCUT2D eigenvalue weighted by molar-refractivity contribution is 0.0937. The van der Waals surface area contributed by atoms with E-state index in [1.54, 1.807) is 0 Å². The number of benzene rings is 1. The summed E-state index contributed by atoms with van der Waals surface area (Å²) in [6, 6.07) is 0.705. The number of amides is 1. The van der Waals surface area contributed by atoms with Crippen molar-refractivity contribution in [3.05, 3.63) is 27.7 Å². The number of carbonyl (C=O) groups excluding carboxylic acids is 1. The van der Waals surface area contributed by atoms with Gasteiger partial charge in [-0.25, -0.2) is 22.3 Å². The Morgan fingerprint density at radius 1 is 1.48 bits per heavy atom. The molecule has 3 N–H and O–H groups in total. The molecule has 1 fully saturated rings. The van der Waals surface area contributed by atoms with E-state index < -0.39 is 38.0 Å². The summed E-state index contributed by atoms with van der Waals surface area (Å²) in [7, 11) is -4.44. The third-order valence-electron chi connectivity index (χ3n) is 3.42. The minimum absolute atomic E-state index is 0.0548. The molecule has 1 aromatic carbocycles. The van der Waals surface area contributed by atoms with Gasteiger partial charge in [-0.3, -0.25) is 4.79 Å². The molecular formula is C12H13BrF2N2O3S. The van der Waals surface area contributed by atoms with Crippen molar-refractivity contribution in [3.63, 3.8) is 0 Å². The first-order valence-corrected chi connectivity index (χ1v) is 8.38. The van der Waals surface area contributed by atoms with E-state index in [0.717, 1.165) is 12.8 Å². The Bertz CT molecular complexity index is 718. The van der Waals surface area contributed by atoms with Crippen molar-refractivity contribution in [1.82, 2.24) is 5.32 Å². The molecule has 0 aliphatic heterocycles. The molecule has 0 radical (unpaired) electrons. The van der Waals surface area contributed by atoms with Crippen molar-refractivity contribution in [2.24, 2.45) is 10.6 Å². The second-order valence-corrected chi connectivity index (χ2v) is 7.75. The van der Waals surface area contributed by atoms with Gasteiger partial charge in [-0.05, 0) is 40.3 Å². The number of hydrogen-bond acceptors (Lipinski definition) is 3. The molecular weight excluding hydrogens is 370 g/mol. The first-order valence-electron chi connectivity index (χ1n) is 6.04. The van der Waals surface area contributed by atoms with Crippen molar-refractivity contribution >= 4 is 31.9 Å². The number of hydrogen-bond donors (Lipinski definition) is 2. The second-order valence-electron chi connectivity index (χ2n) is 5.40. The van der Waals surface area contributed by atoms with E-state index in [4.69, 9.17) is 5.14 Å². The highest BCUT2D eigenvalue weighted by molar-refractivity contribution is 9.10. The van der Waals surface area contributed by atoms with Crippen LogP contribution < -0.4 is 10.5 Å². The normalized spacial score (nSPS) is 16.6.